The lowest BCUT2D eigenvalue weighted by Gasteiger charge is -2.27. The minimum absolute atomic E-state index is 0.0123. The van der Waals surface area contributed by atoms with Crippen molar-refractivity contribution in [2.45, 2.75) is 45.6 Å². The SMILES string of the molecule is CC(C)(C)OC(=O)N(CCCO)CCCC(=O)O. The van der Waals surface area contributed by atoms with Gasteiger partial charge in [0, 0.05) is 26.1 Å². The van der Waals surface area contributed by atoms with Crippen LogP contribution in [0.1, 0.15) is 40.0 Å². The first-order valence-electron chi connectivity index (χ1n) is 6.07. The number of carboxylic acids is 1. The molecule has 0 saturated heterocycles. The number of amides is 1. The van der Waals surface area contributed by atoms with Crippen LogP contribution < -0.4 is 0 Å². The summed E-state index contributed by atoms with van der Waals surface area (Å²) in [6.07, 6.45) is 0.367. The number of nitrogens with zero attached hydrogens (tertiary/aromatic N) is 1. The molecule has 0 aromatic heterocycles. The molecule has 106 valence electrons. The Morgan fingerprint density at radius 1 is 1.17 bits per heavy atom. The van der Waals surface area contributed by atoms with Gasteiger partial charge in [-0.15, -0.1) is 0 Å². The Morgan fingerprint density at radius 3 is 2.17 bits per heavy atom. The van der Waals surface area contributed by atoms with Crippen molar-refractivity contribution in [3.63, 3.8) is 0 Å². The normalized spacial score (nSPS) is 11.1. The summed E-state index contributed by atoms with van der Waals surface area (Å²) < 4.78 is 5.21. The molecular formula is C12H23NO5. The third-order valence-corrected chi connectivity index (χ3v) is 2.06. The highest BCUT2D eigenvalue weighted by Gasteiger charge is 2.21. The molecule has 0 aliphatic heterocycles. The lowest BCUT2D eigenvalue weighted by Crippen LogP contribution is -2.38. The van der Waals surface area contributed by atoms with Gasteiger partial charge in [0.25, 0.3) is 0 Å². The average Bonchev–Trinajstić information content (AvgIpc) is 2.19. The first-order chi connectivity index (χ1) is 8.26. The molecule has 2 N–H and O–H groups in total. The Balaban J connectivity index is 4.28. The zero-order valence-electron chi connectivity index (χ0n) is 11.3. The Bertz CT molecular complexity index is 272. The Kier molecular flexibility index (Phi) is 7.35. The maximum Gasteiger partial charge on any atom is 0.410 e. The van der Waals surface area contributed by atoms with Crippen LogP contribution in [0.3, 0.4) is 0 Å². The van der Waals surface area contributed by atoms with Crippen molar-refractivity contribution in [1.29, 1.82) is 0 Å². The van der Waals surface area contributed by atoms with Crippen molar-refractivity contribution in [2.24, 2.45) is 0 Å². The molecular weight excluding hydrogens is 238 g/mol. The Hall–Kier alpha value is -1.30. The largest absolute Gasteiger partial charge is 0.481 e. The smallest absolute Gasteiger partial charge is 0.410 e. The average molecular weight is 261 g/mol. The van der Waals surface area contributed by atoms with Crippen LogP contribution >= 0.6 is 0 Å². The van der Waals surface area contributed by atoms with Crippen LogP contribution in [0.25, 0.3) is 0 Å². The molecule has 0 bridgehead atoms. The standard InChI is InChI=1S/C12H23NO5/c1-12(2,3)18-11(17)13(8-5-9-14)7-4-6-10(15)16/h14H,4-9H2,1-3H3,(H,15,16). The minimum Gasteiger partial charge on any atom is -0.481 e. The van der Waals surface area contributed by atoms with Gasteiger partial charge in [0.2, 0.25) is 0 Å². The molecule has 0 radical (unpaired) electrons. The fourth-order valence-corrected chi connectivity index (χ4v) is 1.30. The third-order valence-electron chi connectivity index (χ3n) is 2.06. The van der Waals surface area contributed by atoms with E-state index in [9.17, 15) is 9.59 Å². The molecule has 6 heteroatoms. The minimum atomic E-state index is -0.888. The van der Waals surface area contributed by atoms with Gasteiger partial charge in [-0.2, -0.15) is 0 Å². The van der Waals surface area contributed by atoms with Crippen LogP contribution in [0.2, 0.25) is 0 Å². The predicted octanol–water partition coefficient (Wildman–Crippen LogP) is 1.47. The van der Waals surface area contributed by atoms with E-state index < -0.39 is 17.7 Å². The van der Waals surface area contributed by atoms with E-state index in [1.165, 1.54) is 4.90 Å². The number of ether oxygens (including phenoxy) is 1. The van der Waals surface area contributed by atoms with Crippen molar-refractivity contribution in [1.82, 2.24) is 4.90 Å². The third kappa shape index (κ3) is 8.81. The molecule has 6 nitrogen and oxygen atoms in total. The summed E-state index contributed by atoms with van der Waals surface area (Å²) in [5.74, 6) is -0.888. The van der Waals surface area contributed by atoms with E-state index in [-0.39, 0.29) is 13.0 Å². The van der Waals surface area contributed by atoms with Gasteiger partial charge in [-0.05, 0) is 33.6 Å². The van der Waals surface area contributed by atoms with Crippen LogP contribution in [0.5, 0.6) is 0 Å². The molecule has 0 unspecified atom stereocenters. The highest BCUT2D eigenvalue weighted by Crippen LogP contribution is 2.11. The quantitative estimate of drug-likeness (QED) is 0.724. The number of hydrogen-bond acceptors (Lipinski definition) is 4. The van der Waals surface area contributed by atoms with E-state index in [4.69, 9.17) is 14.9 Å². The molecule has 1 amide bonds. The highest BCUT2D eigenvalue weighted by molar-refractivity contribution is 5.68. The zero-order valence-corrected chi connectivity index (χ0v) is 11.3. The van der Waals surface area contributed by atoms with Crippen LogP contribution in [0, 0.1) is 0 Å². The monoisotopic (exact) mass is 261 g/mol. The summed E-state index contributed by atoms with van der Waals surface area (Å²) in [6.45, 7) is 5.98. The van der Waals surface area contributed by atoms with Crippen molar-refractivity contribution in [3.05, 3.63) is 0 Å². The second kappa shape index (κ2) is 7.92. The summed E-state index contributed by atoms with van der Waals surface area (Å²) in [4.78, 5) is 23.7. The Morgan fingerprint density at radius 2 is 1.72 bits per heavy atom. The number of aliphatic carboxylic acids is 1. The van der Waals surface area contributed by atoms with Crippen molar-refractivity contribution >= 4 is 12.1 Å². The van der Waals surface area contributed by atoms with Crippen LogP contribution in [0.4, 0.5) is 4.79 Å². The van der Waals surface area contributed by atoms with Gasteiger partial charge >= 0.3 is 12.1 Å². The van der Waals surface area contributed by atoms with E-state index in [0.29, 0.717) is 25.9 Å². The van der Waals surface area contributed by atoms with E-state index in [0.717, 1.165) is 0 Å². The first-order valence-corrected chi connectivity index (χ1v) is 6.07. The Labute approximate surface area is 108 Å². The lowest BCUT2D eigenvalue weighted by molar-refractivity contribution is -0.137. The first kappa shape index (κ1) is 16.7. The second-order valence-corrected chi connectivity index (χ2v) is 5.04. The zero-order chi connectivity index (χ0) is 14.2. The molecule has 0 aromatic rings. The van der Waals surface area contributed by atoms with Crippen molar-refractivity contribution in [3.8, 4) is 0 Å². The molecule has 0 heterocycles. The van der Waals surface area contributed by atoms with Crippen LogP contribution in [-0.2, 0) is 9.53 Å². The molecule has 18 heavy (non-hydrogen) atoms. The molecule has 0 aliphatic rings. The topological polar surface area (TPSA) is 87.1 Å². The van der Waals surface area contributed by atoms with E-state index in [2.05, 4.69) is 0 Å². The van der Waals surface area contributed by atoms with Gasteiger partial charge in [0.15, 0.2) is 0 Å². The van der Waals surface area contributed by atoms with Gasteiger partial charge in [-0.1, -0.05) is 0 Å². The van der Waals surface area contributed by atoms with Crippen molar-refractivity contribution < 1.29 is 24.5 Å². The number of rotatable bonds is 7. The molecule has 0 saturated carbocycles. The van der Waals surface area contributed by atoms with Crippen molar-refractivity contribution in [2.75, 3.05) is 19.7 Å². The maximum absolute atomic E-state index is 11.8. The predicted molar refractivity (Wildman–Crippen MR) is 66.4 cm³/mol. The fourth-order valence-electron chi connectivity index (χ4n) is 1.30. The van der Waals surface area contributed by atoms with Gasteiger partial charge in [-0.25, -0.2) is 4.79 Å². The van der Waals surface area contributed by atoms with Gasteiger partial charge < -0.3 is 19.8 Å². The molecule has 0 spiro atoms. The summed E-state index contributed by atoms with van der Waals surface area (Å²) in [7, 11) is 0. The van der Waals surface area contributed by atoms with E-state index in [1.54, 1.807) is 20.8 Å². The number of carbonyl (C=O) groups excluding carboxylic acids is 1. The molecule has 0 aromatic carbocycles. The van der Waals surface area contributed by atoms with E-state index in [1.807, 2.05) is 0 Å². The molecule has 0 rings (SSSR count). The van der Waals surface area contributed by atoms with Gasteiger partial charge in [-0.3, -0.25) is 4.79 Å². The maximum atomic E-state index is 11.8. The molecule has 0 fully saturated rings. The molecule has 0 atom stereocenters. The van der Waals surface area contributed by atoms with E-state index >= 15 is 0 Å². The molecule has 0 aliphatic carbocycles. The van der Waals surface area contributed by atoms with Gasteiger partial charge in [0.05, 0.1) is 0 Å². The number of aliphatic hydroxyl groups is 1. The summed E-state index contributed by atoms with van der Waals surface area (Å²) in [6, 6.07) is 0. The lowest BCUT2D eigenvalue weighted by atomic mass is 10.2. The number of carboxylic acid groups (broad SMARTS) is 1. The van der Waals surface area contributed by atoms with Crippen LogP contribution in [-0.4, -0.2) is 52.5 Å². The number of hydrogen-bond donors (Lipinski definition) is 2. The van der Waals surface area contributed by atoms with Crippen LogP contribution in [0.15, 0.2) is 0 Å². The second-order valence-electron chi connectivity index (χ2n) is 5.04. The fraction of sp³-hybridized carbons (Fsp3) is 0.833. The summed E-state index contributed by atoms with van der Waals surface area (Å²) >= 11 is 0. The number of carbonyl (C=O) groups is 2. The summed E-state index contributed by atoms with van der Waals surface area (Å²) in [5, 5.41) is 17.3. The summed E-state index contributed by atoms with van der Waals surface area (Å²) in [5.41, 5.74) is -0.582. The number of aliphatic hydroxyl groups excluding tert-OH is 1. The highest BCUT2D eigenvalue weighted by atomic mass is 16.6. The van der Waals surface area contributed by atoms with Gasteiger partial charge in [0.1, 0.15) is 5.60 Å².